The highest BCUT2D eigenvalue weighted by atomic mass is 16.5. The standard InChI is InChI=1S/C10H16N4O/c1-15-6-5-13-8-9(7-12-13)14-4-2-3-10(14)11/h7-8,11H,2-6H2,1H3. The van der Waals surface area contributed by atoms with Crippen LogP contribution in [0.1, 0.15) is 12.8 Å². The normalized spacial score (nSPS) is 16.3. The minimum absolute atomic E-state index is 0.665. The zero-order valence-corrected chi connectivity index (χ0v) is 8.94. The molecule has 0 atom stereocenters. The molecule has 0 amide bonds. The van der Waals surface area contributed by atoms with Gasteiger partial charge in [-0.3, -0.25) is 10.1 Å². The van der Waals surface area contributed by atoms with Crippen molar-refractivity contribution in [3.8, 4) is 0 Å². The van der Waals surface area contributed by atoms with Gasteiger partial charge in [0.05, 0.1) is 25.0 Å². The monoisotopic (exact) mass is 208 g/mol. The molecule has 0 saturated carbocycles. The van der Waals surface area contributed by atoms with Gasteiger partial charge in [0.1, 0.15) is 5.84 Å². The summed E-state index contributed by atoms with van der Waals surface area (Å²) in [6.45, 7) is 2.37. The molecular formula is C10H16N4O. The van der Waals surface area contributed by atoms with Crippen LogP contribution in [0.2, 0.25) is 0 Å². The van der Waals surface area contributed by atoms with Crippen LogP contribution < -0.4 is 4.90 Å². The zero-order chi connectivity index (χ0) is 10.7. The van der Waals surface area contributed by atoms with Gasteiger partial charge in [-0.25, -0.2) is 0 Å². The van der Waals surface area contributed by atoms with Crippen LogP contribution >= 0.6 is 0 Å². The smallest absolute Gasteiger partial charge is 0.100 e. The number of hydrogen-bond donors (Lipinski definition) is 1. The fourth-order valence-corrected chi connectivity index (χ4v) is 1.76. The fourth-order valence-electron chi connectivity index (χ4n) is 1.76. The predicted molar refractivity (Wildman–Crippen MR) is 58.4 cm³/mol. The van der Waals surface area contributed by atoms with Gasteiger partial charge in [-0.1, -0.05) is 0 Å². The first-order valence-corrected chi connectivity index (χ1v) is 5.17. The highest BCUT2D eigenvalue weighted by Crippen LogP contribution is 2.20. The first kappa shape index (κ1) is 10.2. The van der Waals surface area contributed by atoms with E-state index in [0.29, 0.717) is 12.4 Å². The Morgan fingerprint density at radius 2 is 2.47 bits per heavy atom. The number of rotatable bonds is 4. The van der Waals surface area contributed by atoms with Gasteiger partial charge in [0.25, 0.3) is 0 Å². The molecule has 1 N–H and O–H groups in total. The van der Waals surface area contributed by atoms with E-state index in [4.69, 9.17) is 10.1 Å². The lowest BCUT2D eigenvalue weighted by Crippen LogP contribution is -2.22. The Labute approximate surface area is 89.1 Å². The molecular weight excluding hydrogens is 192 g/mol. The van der Waals surface area contributed by atoms with E-state index in [1.807, 2.05) is 22.0 Å². The largest absolute Gasteiger partial charge is 0.383 e. The van der Waals surface area contributed by atoms with E-state index in [1.54, 1.807) is 7.11 Å². The second-order valence-electron chi connectivity index (χ2n) is 3.66. The van der Waals surface area contributed by atoms with Gasteiger partial charge in [-0.15, -0.1) is 0 Å². The van der Waals surface area contributed by atoms with Gasteiger partial charge in [0.15, 0.2) is 0 Å². The van der Waals surface area contributed by atoms with Crippen LogP contribution in [0.15, 0.2) is 12.4 Å². The Balaban J connectivity index is 2.03. The molecule has 1 aromatic heterocycles. The number of amidine groups is 1. The highest BCUT2D eigenvalue weighted by Gasteiger charge is 2.19. The molecule has 0 spiro atoms. The van der Waals surface area contributed by atoms with Gasteiger partial charge < -0.3 is 9.64 Å². The highest BCUT2D eigenvalue weighted by molar-refractivity contribution is 5.97. The maximum Gasteiger partial charge on any atom is 0.100 e. The van der Waals surface area contributed by atoms with Gasteiger partial charge in [-0.05, 0) is 6.42 Å². The molecule has 5 nitrogen and oxygen atoms in total. The first-order chi connectivity index (χ1) is 7.31. The SMILES string of the molecule is COCCn1cc(N2CCCC2=N)cn1. The number of nitrogens with one attached hydrogen (secondary N) is 1. The third-order valence-electron chi connectivity index (χ3n) is 2.58. The molecule has 1 fully saturated rings. The van der Waals surface area contributed by atoms with Gasteiger partial charge >= 0.3 is 0 Å². The summed E-state index contributed by atoms with van der Waals surface area (Å²) in [6, 6.07) is 0. The van der Waals surface area contributed by atoms with Crippen molar-refractivity contribution >= 4 is 11.5 Å². The molecule has 0 radical (unpaired) electrons. The third kappa shape index (κ3) is 2.18. The summed E-state index contributed by atoms with van der Waals surface area (Å²) in [5.41, 5.74) is 1.02. The number of aromatic nitrogens is 2. The van der Waals surface area contributed by atoms with Crippen molar-refractivity contribution < 1.29 is 4.74 Å². The average Bonchev–Trinajstić information content (AvgIpc) is 2.83. The van der Waals surface area contributed by atoms with Crippen LogP contribution in [-0.4, -0.2) is 35.9 Å². The summed E-state index contributed by atoms with van der Waals surface area (Å²) in [5, 5.41) is 12.0. The van der Waals surface area contributed by atoms with Crippen LogP contribution in [0.3, 0.4) is 0 Å². The Kier molecular flexibility index (Phi) is 3.01. The number of nitrogens with zero attached hydrogens (tertiary/aromatic N) is 3. The maximum atomic E-state index is 7.75. The lowest BCUT2D eigenvalue weighted by molar-refractivity contribution is 0.183. The molecule has 1 saturated heterocycles. The Hall–Kier alpha value is -1.36. The molecule has 1 aliphatic rings. The zero-order valence-electron chi connectivity index (χ0n) is 8.94. The van der Waals surface area contributed by atoms with Crippen LogP contribution in [0.25, 0.3) is 0 Å². The summed E-state index contributed by atoms with van der Waals surface area (Å²) >= 11 is 0. The van der Waals surface area contributed by atoms with Crippen LogP contribution in [0, 0.1) is 5.41 Å². The van der Waals surface area contributed by atoms with Crippen LogP contribution in [0.5, 0.6) is 0 Å². The summed E-state index contributed by atoms with van der Waals surface area (Å²) in [5.74, 6) is 0.696. The molecule has 1 aromatic rings. The van der Waals surface area contributed by atoms with E-state index in [1.165, 1.54) is 0 Å². The molecule has 0 unspecified atom stereocenters. The fraction of sp³-hybridized carbons (Fsp3) is 0.600. The minimum Gasteiger partial charge on any atom is -0.383 e. The van der Waals surface area contributed by atoms with E-state index in [-0.39, 0.29) is 0 Å². The summed E-state index contributed by atoms with van der Waals surface area (Å²) in [6.07, 6.45) is 5.74. The Morgan fingerprint density at radius 1 is 1.60 bits per heavy atom. The third-order valence-corrected chi connectivity index (χ3v) is 2.58. The molecule has 82 valence electrons. The Bertz CT molecular complexity index is 347. The lowest BCUT2D eigenvalue weighted by Gasteiger charge is -2.14. The maximum absolute atomic E-state index is 7.75. The number of ether oxygens (including phenoxy) is 1. The van der Waals surface area contributed by atoms with E-state index in [9.17, 15) is 0 Å². The molecule has 2 rings (SSSR count). The van der Waals surface area contributed by atoms with Crippen molar-refractivity contribution in [2.24, 2.45) is 0 Å². The van der Waals surface area contributed by atoms with Crippen molar-refractivity contribution in [2.45, 2.75) is 19.4 Å². The average molecular weight is 208 g/mol. The van der Waals surface area contributed by atoms with Crippen molar-refractivity contribution in [3.05, 3.63) is 12.4 Å². The topological polar surface area (TPSA) is 54.1 Å². The van der Waals surface area contributed by atoms with E-state index in [0.717, 1.165) is 31.6 Å². The second-order valence-corrected chi connectivity index (χ2v) is 3.66. The lowest BCUT2D eigenvalue weighted by atomic mass is 10.4. The molecule has 0 aromatic carbocycles. The number of anilines is 1. The molecule has 5 heteroatoms. The molecule has 1 aliphatic heterocycles. The summed E-state index contributed by atoms with van der Waals surface area (Å²) in [4.78, 5) is 2.01. The predicted octanol–water partition coefficient (Wildman–Crippen LogP) is 1.11. The number of methoxy groups -OCH3 is 1. The van der Waals surface area contributed by atoms with Crippen molar-refractivity contribution in [1.82, 2.24) is 9.78 Å². The minimum atomic E-state index is 0.665. The molecule has 0 aliphatic carbocycles. The summed E-state index contributed by atoms with van der Waals surface area (Å²) < 4.78 is 6.84. The molecule has 0 bridgehead atoms. The summed E-state index contributed by atoms with van der Waals surface area (Å²) in [7, 11) is 1.68. The van der Waals surface area contributed by atoms with Crippen molar-refractivity contribution in [3.63, 3.8) is 0 Å². The second kappa shape index (κ2) is 4.44. The van der Waals surface area contributed by atoms with E-state index in [2.05, 4.69) is 5.10 Å². The molecule has 2 heterocycles. The first-order valence-electron chi connectivity index (χ1n) is 5.17. The van der Waals surface area contributed by atoms with E-state index >= 15 is 0 Å². The van der Waals surface area contributed by atoms with Crippen molar-refractivity contribution in [2.75, 3.05) is 25.2 Å². The number of hydrogen-bond acceptors (Lipinski definition) is 3. The molecule has 15 heavy (non-hydrogen) atoms. The van der Waals surface area contributed by atoms with Crippen molar-refractivity contribution in [1.29, 1.82) is 5.41 Å². The van der Waals surface area contributed by atoms with Gasteiger partial charge in [0.2, 0.25) is 0 Å². The van der Waals surface area contributed by atoms with Gasteiger partial charge in [-0.2, -0.15) is 5.10 Å². The Morgan fingerprint density at radius 3 is 3.13 bits per heavy atom. The van der Waals surface area contributed by atoms with Gasteiger partial charge in [0, 0.05) is 26.3 Å². The van der Waals surface area contributed by atoms with Crippen LogP contribution in [-0.2, 0) is 11.3 Å². The van der Waals surface area contributed by atoms with Crippen LogP contribution in [0.4, 0.5) is 5.69 Å². The van der Waals surface area contributed by atoms with E-state index < -0.39 is 0 Å². The quantitative estimate of drug-likeness (QED) is 0.806.